The zero-order valence-corrected chi connectivity index (χ0v) is 64.2. The number of hydrogen-bond acceptors (Lipinski definition) is 18. The Morgan fingerprint density at radius 3 is 1.04 bits per heavy atom. The van der Waals surface area contributed by atoms with E-state index in [1.807, 2.05) is 0 Å². The zero-order chi connectivity index (χ0) is 75.3. The third-order valence-electron chi connectivity index (χ3n) is 19.9. The van der Waals surface area contributed by atoms with Gasteiger partial charge in [0.2, 0.25) is 5.91 Å². The molecule has 3 saturated heterocycles. The smallest absolute Gasteiger partial charge is 0.220 e. The van der Waals surface area contributed by atoms with Gasteiger partial charge in [-0.3, -0.25) is 4.79 Å². The van der Waals surface area contributed by atoms with E-state index in [9.17, 15) is 61.0 Å². The Kier molecular flexibility index (Phi) is 58.5. The van der Waals surface area contributed by atoms with E-state index < -0.39 is 124 Å². The molecule has 19 nitrogen and oxygen atoms in total. The third-order valence-corrected chi connectivity index (χ3v) is 19.9. The molecule has 104 heavy (non-hydrogen) atoms. The van der Waals surface area contributed by atoms with E-state index in [0.717, 1.165) is 128 Å². The molecule has 3 aliphatic rings. The lowest BCUT2D eigenvalue weighted by molar-refractivity contribution is -0.379. The number of amides is 1. The molecule has 3 fully saturated rings. The van der Waals surface area contributed by atoms with Crippen molar-refractivity contribution in [3.05, 3.63) is 109 Å². The first-order chi connectivity index (χ1) is 50.8. The minimum atomic E-state index is -1.98. The largest absolute Gasteiger partial charge is 0.394 e. The summed E-state index contributed by atoms with van der Waals surface area (Å²) < 4.78 is 34.5. The topological polar surface area (TPSA) is 307 Å². The summed E-state index contributed by atoms with van der Waals surface area (Å²) in [5.41, 5.74) is 0. The molecule has 3 aliphatic heterocycles. The Balaban J connectivity index is 1.37. The van der Waals surface area contributed by atoms with Gasteiger partial charge in [0.25, 0.3) is 0 Å². The number of aliphatic hydroxyl groups excluding tert-OH is 11. The summed E-state index contributed by atoms with van der Waals surface area (Å²) in [6, 6.07) is -0.903. The Bertz CT molecular complexity index is 2300. The lowest BCUT2D eigenvalue weighted by atomic mass is 9.96. The molecule has 3 heterocycles. The van der Waals surface area contributed by atoms with Crippen LogP contribution >= 0.6 is 0 Å². The lowest BCUT2D eigenvalue weighted by Gasteiger charge is -2.48. The number of unbranched alkanes of at least 4 members (excludes halogenated alkanes) is 30. The number of ether oxygens (including phenoxy) is 6. The van der Waals surface area contributed by atoms with Crippen LogP contribution in [0.2, 0.25) is 0 Å². The second-order valence-electron chi connectivity index (χ2n) is 28.9. The van der Waals surface area contributed by atoms with Crippen molar-refractivity contribution >= 4 is 5.91 Å². The second kappa shape index (κ2) is 64.3. The van der Waals surface area contributed by atoms with Crippen LogP contribution in [0.25, 0.3) is 0 Å². The van der Waals surface area contributed by atoms with Gasteiger partial charge in [0.1, 0.15) is 73.2 Å². The number of hydrogen-bond donors (Lipinski definition) is 12. The molecule has 0 spiro atoms. The van der Waals surface area contributed by atoms with Gasteiger partial charge in [-0.1, -0.05) is 309 Å². The first-order valence-corrected chi connectivity index (χ1v) is 41.1. The van der Waals surface area contributed by atoms with E-state index in [0.29, 0.717) is 12.8 Å². The molecular weight excluding hydrogens is 1320 g/mol. The van der Waals surface area contributed by atoms with E-state index in [4.69, 9.17) is 28.4 Å². The molecule has 17 unspecified atom stereocenters. The van der Waals surface area contributed by atoms with Gasteiger partial charge < -0.3 is 89.9 Å². The van der Waals surface area contributed by atoms with E-state index in [1.54, 1.807) is 0 Å². The number of carbonyl (C=O) groups is 1. The molecule has 0 aliphatic carbocycles. The first-order valence-electron chi connectivity index (χ1n) is 41.1. The maximum Gasteiger partial charge on any atom is 0.220 e. The molecule has 3 rings (SSSR count). The SMILES string of the molecule is CC/C=C\C/C=C\C/C=C\C/C=C\C/C=C\C/C=C\C/C=C\C/C=C\C/C=C\CCCCCCCCCC(=O)NC(COC1OC(CO)C(OC2OC(CO)C(OC3OC(CO)C(O)C(O)C3O)C(O)C2O)C(O)C1O)C(O)CCCCCCCCCCCCCCCCCCCCCCCCCC. The molecule has 17 atom stereocenters. The third kappa shape index (κ3) is 43.6. The van der Waals surface area contributed by atoms with Crippen LogP contribution in [0.15, 0.2) is 109 Å². The van der Waals surface area contributed by atoms with Crippen LogP contribution in [-0.4, -0.2) is 193 Å². The molecule has 0 aromatic carbocycles. The highest BCUT2D eigenvalue weighted by Crippen LogP contribution is 2.33. The molecule has 0 saturated carbocycles. The van der Waals surface area contributed by atoms with Crippen molar-refractivity contribution in [2.45, 2.75) is 394 Å². The van der Waals surface area contributed by atoms with Crippen molar-refractivity contribution < 1.29 is 89.4 Å². The van der Waals surface area contributed by atoms with Gasteiger partial charge in [0.15, 0.2) is 18.9 Å². The molecule has 0 radical (unpaired) electrons. The highest BCUT2D eigenvalue weighted by Gasteiger charge is 2.54. The second-order valence-corrected chi connectivity index (χ2v) is 28.9. The standard InChI is InChI=1S/C85H147NO18/c1-3-5-7-9-11-13-15-17-19-21-23-25-27-29-30-31-32-33-34-35-36-37-38-39-41-43-45-47-49-51-53-55-57-59-61-63-73(91)86-68(69(90)62-60-58-56-54-52-50-48-46-44-42-40-28-26-24-22-20-18-16-14-12-10-8-6-4-2)67-99-83-79(97)76(94)81(71(65-88)101-83)104-85-80(98)77(95)82(72(66-89)102-85)103-84-78(96)75(93)74(92)70(64-87)100-84/h5,7,11,13,17,19,23,25,29-30,32-33,35-36,38-39,43,45,68-72,74-85,87-90,92-98H,3-4,6,8-10,12,14-16,18,20-22,24,26-28,31,34,37,40-42,44,46-67H2,1-2H3,(H,86,91)/b7-5-,13-11-,19-17-,25-23-,30-29-,33-32-,36-35-,39-38-,45-43-. The number of carbonyl (C=O) groups excluding carboxylic acids is 1. The van der Waals surface area contributed by atoms with Gasteiger partial charge in [-0.15, -0.1) is 0 Å². The zero-order valence-electron chi connectivity index (χ0n) is 64.2. The van der Waals surface area contributed by atoms with Gasteiger partial charge in [0, 0.05) is 6.42 Å². The van der Waals surface area contributed by atoms with Gasteiger partial charge >= 0.3 is 0 Å². The summed E-state index contributed by atoms with van der Waals surface area (Å²) >= 11 is 0. The normalized spacial score (nSPS) is 26.5. The predicted octanol–water partition coefficient (Wildman–Crippen LogP) is 14.1. The fraction of sp³-hybridized carbons (Fsp3) is 0.776. The van der Waals surface area contributed by atoms with Crippen LogP contribution in [0.4, 0.5) is 0 Å². The monoisotopic (exact) mass is 1470 g/mol. The summed E-state index contributed by atoms with van der Waals surface area (Å²) in [6.07, 6.45) is 61.6. The van der Waals surface area contributed by atoms with E-state index >= 15 is 0 Å². The molecule has 0 bridgehead atoms. The van der Waals surface area contributed by atoms with Crippen molar-refractivity contribution in [3.63, 3.8) is 0 Å². The van der Waals surface area contributed by atoms with E-state index in [-0.39, 0.29) is 18.9 Å². The fourth-order valence-corrected chi connectivity index (χ4v) is 13.3. The van der Waals surface area contributed by atoms with Crippen LogP contribution in [0.3, 0.4) is 0 Å². The van der Waals surface area contributed by atoms with Crippen LogP contribution in [0, 0.1) is 0 Å². The summed E-state index contributed by atoms with van der Waals surface area (Å²) in [5, 5.41) is 121. The highest BCUT2D eigenvalue weighted by atomic mass is 16.8. The van der Waals surface area contributed by atoms with Gasteiger partial charge in [-0.05, 0) is 83.5 Å². The van der Waals surface area contributed by atoms with Gasteiger partial charge in [-0.25, -0.2) is 0 Å². The highest BCUT2D eigenvalue weighted by molar-refractivity contribution is 5.76. The van der Waals surface area contributed by atoms with Crippen molar-refractivity contribution in [3.8, 4) is 0 Å². The average molecular weight is 1470 g/mol. The fourth-order valence-electron chi connectivity index (χ4n) is 13.3. The van der Waals surface area contributed by atoms with Gasteiger partial charge in [0.05, 0.1) is 38.6 Å². The maximum atomic E-state index is 13.5. The van der Waals surface area contributed by atoms with Crippen molar-refractivity contribution in [1.29, 1.82) is 0 Å². The number of allylic oxidation sites excluding steroid dienone is 18. The van der Waals surface area contributed by atoms with Crippen LogP contribution < -0.4 is 5.32 Å². The first kappa shape index (κ1) is 94.7. The minimum Gasteiger partial charge on any atom is -0.394 e. The minimum absolute atomic E-state index is 0.247. The number of aliphatic hydroxyl groups is 11. The van der Waals surface area contributed by atoms with Crippen molar-refractivity contribution in [2.24, 2.45) is 0 Å². The average Bonchev–Trinajstić information content (AvgIpc) is 0.783. The molecule has 19 heteroatoms. The summed E-state index contributed by atoms with van der Waals surface area (Å²) in [5.74, 6) is -0.255. The van der Waals surface area contributed by atoms with Gasteiger partial charge in [-0.2, -0.15) is 0 Å². The van der Waals surface area contributed by atoms with E-state index in [2.05, 4.69) is 129 Å². The van der Waals surface area contributed by atoms with E-state index in [1.165, 1.54) is 128 Å². The number of rotatable bonds is 64. The van der Waals surface area contributed by atoms with Crippen molar-refractivity contribution in [1.82, 2.24) is 5.32 Å². The predicted molar refractivity (Wildman–Crippen MR) is 415 cm³/mol. The summed E-state index contributed by atoms with van der Waals surface area (Å²) in [7, 11) is 0. The van der Waals surface area contributed by atoms with Crippen LogP contribution in [0.1, 0.15) is 290 Å². The summed E-state index contributed by atoms with van der Waals surface area (Å²) in [6.45, 7) is 1.70. The van der Waals surface area contributed by atoms with Crippen LogP contribution in [-0.2, 0) is 33.2 Å². The molecule has 1 amide bonds. The van der Waals surface area contributed by atoms with Crippen molar-refractivity contribution in [2.75, 3.05) is 26.4 Å². The Labute approximate surface area is 627 Å². The molecule has 0 aromatic heterocycles. The lowest BCUT2D eigenvalue weighted by Crippen LogP contribution is -2.66. The molecule has 600 valence electrons. The summed E-state index contributed by atoms with van der Waals surface area (Å²) in [4.78, 5) is 13.5. The van der Waals surface area contributed by atoms with Crippen LogP contribution in [0.5, 0.6) is 0 Å². The quantitative estimate of drug-likeness (QED) is 0.0199. The Hall–Kier alpha value is -3.55. The molecule has 12 N–H and O–H groups in total. The Morgan fingerprint density at radius 2 is 0.663 bits per heavy atom. The maximum absolute atomic E-state index is 13.5. The Morgan fingerprint density at radius 1 is 0.356 bits per heavy atom. The number of nitrogens with one attached hydrogen (secondary N) is 1. The molecule has 0 aromatic rings. The molecular formula is C85H147NO18.